The highest BCUT2D eigenvalue weighted by Crippen LogP contribution is 2.36. The summed E-state index contributed by atoms with van der Waals surface area (Å²) in [6, 6.07) is 8.20. The standard InChI is InChI=1S/C15H13ClN2O3/c16-9-3-6-11(15(20)21)12(8-9)17-14(19)13-2-1-7-18(13)10-4-5-10/h1-3,6-8,10H,4-5H2,(H,17,19)(H,20,21). The summed E-state index contributed by atoms with van der Waals surface area (Å²) in [7, 11) is 0. The molecule has 1 aliphatic carbocycles. The van der Waals surface area contributed by atoms with Crippen molar-refractivity contribution in [1.29, 1.82) is 0 Å². The van der Waals surface area contributed by atoms with E-state index >= 15 is 0 Å². The number of aromatic nitrogens is 1. The van der Waals surface area contributed by atoms with Crippen LogP contribution in [0.15, 0.2) is 36.5 Å². The Hall–Kier alpha value is -2.27. The normalized spacial score (nSPS) is 14.0. The van der Waals surface area contributed by atoms with E-state index in [0.717, 1.165) is 12.8 Å². The molecule has 1 aliphatic rings. The van der Waals surface area contributed by atoms with Gasteiger partial charge in [-0.2, -0.15) is 0 Å². The highest BCUT2D eigenvalue weighted by atomic mass is 35.5. The molecule has 21 heavy (non-hydrogen) atoms. The van der Waals surface area contributed by atoms with Crippen LogP contribution in [0.4, 0.5) is 5.69 Å². The maximum absolute atomic E-state index is 12.3. The van der Waals surface area contributed by atoms with Gasteiger partial charge in [-0.25, -0.2) is 4.79 Å². The fourth-order valence-electron chi connectivity index (χ4n) is 2.25. The highest BCUT2D eigenvalue weighted by molar-refractivity contribution is 6.31. The van der Waals surface area contributed by atoms with Crippen molar-refractivity contribution in [3.05, 3.63) is 52.8 Å². The van der Waals surface area contributed by atoms with E-state index in [-0.39, 0.29) is 17.2 Å². The minimum absolute atomic E-state index is 0.0114. The van der Waals surface area contributed by atoms with Gasteiger partial charge in [0.2, 0.25) is 0 Å². The van der Waals surface area contributed by atoms with Crippen LogP contribution in [0.5, 0.6) is 0 Å². The van der Waals surface area contributed by atoms with Crippen LogP contribution in [0.2, 0.25) is 5.02 Å². The van der Waals surface area contributed by atoms with Gasteiger partial charge in [-0.1, -0.05) is 11.6 Å². The molecule has 0 spiro atoms. The third-order valence-corrected chi connectivity index (χ3v) is 3.65. The quantitative estimate of drug-likeness (QED) is 0.909. The molecule has 1 heterocycles. The first-order valence-electron chi connectivity index (χ1n) is 6.57. The van der Waals surface area contributed by atoms with Gasteiger partial charge in [0.05, 0.1) is 11.3 Å². The number of carbonyl (C=O) groups is 2. The largest absolute Gasteiger partial charge is 0.478 e. The number of nitrogens with zero attached hydrogens (tertiary/aromatic N) is 1. The Morgan fingerprint density at radius 3 is 2.71 bits per heavy atom. The maximum atomic E-state index is 12.3. The van der Waals surface area contributed by atoms with Crippen molar-refractivity contribution >= 4 is 29.2 Å². The number of carbonyl (C=O) groups excluding carboxylic acids is 1. The van der Waals surface area contributed by atoms with E-state index in [9.17, 15) is 9.59 Å². The number of hydrogen-bond donors (Lipinski definition) is 2. The van der Waals surface area contributed by atoms with Crippen molar-refractivity contribution in [3.8, 4) is 0 Å². The first kappa shape index (κ1) is 13.7. The summed E-state index contributed by atoms with van der Waals surface area (Å²) >= 11 is 5.87. The molecule has 0 unspecified atom stereocenters. The minimum atomic E-state index is -1.11. The zero-order valence-corrected chi connectivity index (χ0v) is 11.8. The van der Waals surface area contributed by atoms with Crippen molar-refractivity contribution in [2.45, 2.75) is 18.9 Å². The predicted molar refractivity (Wildman–Crippen MR) is 79.1 cm³/mol. The lowest BCUT2D eigenvalue weighted by Gasteiger charge is -2.11. The Labute approximate surface area is 126 Å². The fourth-order valence-corrected chi connectivity index (χ4v) is 2.42. The lowest BCUT2D eigenvalue weighted by atomic mass is 10.1. The molecule has 0 saturated heterocycles. The highest BCUT2D eigenvalue weighted by Gasteiger charge is 2.27. The van der Waals surface area contributed by atoms with Crippen molar-refractivity contribution in [2.24, 2.45) is 0 Å². The van der Waals surface area contributed by atoms with Crippen LogP contribution in [0.3, 0.4) is 0 Å². The smallest absolute Gasteiger partial charge is 0.337 e. The van der Waals surface area contributed by atoms with Crippen molar-refractivity contribution in [3.63, 3.8) is 0 Å². The summed E-state index contributed by atoms with van der Waals surface area (Å²) in [5, 5.41) is 12.2. The number of carboxylic acids is 1. The summed E-state index contributed by atoms with van der Waals surface area (Å²) in [4.78, 5) is 23.5. The van der Waals surface area contributed by atoms with Gasteiger partial charge in [0.1, 0.15) is 5.69 Å². The summed E-state index contributed by atoms with van der Waals surface area (Å²) in [6.07, 6.45) is 3.99. The van der Waals surface area contributed by atoms with Gasteiger partial charge in [0, 0.05) is 17.3 Å². The van der Waals surface area contributed by atoms with E-state index in [4.69, 9.17) is 16.7 Å². The van der Waals surface area contributed by atoms with Crippen LogP contribution >= 0.6 is 11.6 Å². The van der Waals surface area contributed by atoms with Gasteiger partial charge in [0.15, 0.2) is 0 Å². The van der Waals surface area contributed by atoms with Crippen LogP contribution in [0.1, 0.15) is 39.7 Å². The minimum Gasteiger partial charge on any atom is -0.478 e. The third kappa shape index (κ3) is 2.78. The number of rotatable bonds is 4. The van der Waals surface area contributed by atoms with Crippen molar-refractivity contribution < 1.29 is 14.7 Å². The molecule has 1 fully saturated rings. The molecule has 5 nitrogen and oxygen atoms in total. The summed E-state index contributed by atoms with van der Waals surface area (Å²) in [6.45, 7) is 0. The van der Waals surface area contributed by atoms with Gasteiger partial charge in [0.25, 0.3) is 5.91 Å². The van der Waals surface area contributed by atoms with Crippen LogP contribution < -0.4 is 5.32 Å². The second-order valence-electron chi connectivity index (χ2n) is 4.98. The monoisotopic (exact) mass is 304 g/mol. The lowest BCUT2D eigenvalue weighted by Crippen LogP contribution is -2.18. The predicted octanol–water partition coefficient (Wildman–Crippen LogP) is 3.43. The molecular weight excluding hydrogens is 292 g/mol. The molecule has 0 bridgehead atoms. The molecule has 108 valence electrons. The molecule has 2 aromatic rings. The topological polar surface area (TPSA) is 71.3 Å². The Morgan fingerprint density at radius 2 is 2.05 bits per heavy atom. The second-order valence-corrected chi connectivity index (χ2v) is 5.42. The molecule has 1 saturated carbocycles. The Bertz CT molecular complexity index is 719. The second kappa shape index (κ2) is 5.26. The molecular formula is C15H13ClN2O3. The summed E-state index contributed by atoms with van der Waals surface area (Å²) < 4.78 is 1.92. The Kier molecular flexibility index (Phi) is 3.43. The van der Waals surface area contributed by atoms with Crippen LogP contribution in [-0.2, 0) is 0 Å². The van der Waals surface area contributed by atoms with Gasteiger partial charge >= 0.3 is 5.97 Å². The first-order valence-corrected chi connectivity index (χ1v) is 6.95. The number of carboxylic acid groups (broad SMARTS) is 1. The van der Waals surface area contributed by atoms with Crippen LogP contribution in [0, 0.1) is 0 Å². The Morgan fingerprint density at radius 1 is 1.29 bits per heavy atom. The zero-order chi connectivity index (χ0) is 15.0. The van der Waals surface area contributed by atoms with E-state index in [0.29, 0.717) is 16.8 Å². The van der Waals surface area contributed by atoms with Crippen LogP contribution in [-0.4, -0.2) is 21.6 Å². The van der Waals surface area contributed by atoms with Crippen molar-refractivity contribution in [2.75, 3.05) is 5.32 Å². The Balaban J connectivity index is 1.89. The van der Waals surface area contributed by atoms with E-state index in [1.807, 2.05) is 16.8 Å². The van der Waals surface area contributed by atoms with E-state index < -0.39 is 5.97 Å². The van der Waals surface area contributed by atoms with Gasteiger partial charge in [-0.05, 0) is 43.2 Å². The van der Waals surface area contributed by atoms with Crippen LogP contribution in [0.25, 0.3) is 0 Å². The number of benzene rings is 1. The molecule has 6 heteroatoms. The molecule has 1 amide bonds. The van der Waals surface area contributed by atoms with Gasteiger partial charge in [-0.15, -0.1) is 0 Å². The molecule has 0 atom stereocenters. The van der Waals surface area contributed by atoms with Gasteiger partial charge < -0.3 is 15.0 Å². The van der Waals surface area contributed by atoms with E-state index in [2.05, 4.69) is 5.32 Å². The molecule has 0 aliphatic heterocycles. The summed E-state index contributed by atoms with van der Waals surface area (Å²) in [5.74, 6) is -1.45. The average molecular weight is 305 g/mol. The van der Waals surface area contributed by atoms with E-state index in [1.165, 1.54) is 18.2 Å². The average Bonchev–Trinajstić information content (AvgIpc) is 3.15. The molecule has 0 radical (unpaired) electrons. The number of nitrogens with one attached hydrogen (secondary N) is 1. The number of halogens is 1. The lowest BCUT2D eigenvalue weighted by molar-refractivity contribution is 0.0698. The van der Waals surface area contributed by atoms with Crippen molar-refractivity contribution in [1.82, 2.24) is 4.57 Å². The van der Waals surface area contributed by atoms with Gasteiger partial charge in [-0.3, -0.25) is 4.79 Å². The SMILES string of the molecule is O=C(O)c1ccc(Cl)cc1NC(=O)c1cccn1C1CC1. The third-order valence-electron chi connectivity index (χ3n) is 3.41. The fraction of sp³-hybridized carbons (Fsp3) is 0.200. The number of anilines is 1. The summed E-state index contributed by atoms with van der Waals surface area (Å²) in [5.41, 5.74) is 0.731. The number of amides is 1. The first-order chi connectivity index (χ1) is 10.1. The maximum Gasteiger partial charge on any atom is 0.337 e. The molecule has 3 rings (SSSR count). The van der Waals surface area contributed by atoms with E-state index in [1.54, 1.807) is 6.07 Å². The number of aromatic carboxylic acids is 1. The molecule has 1 aromatic carbocycles. The zero-order valence-electron chi connectivity index (χ0n) is 11.0. The molecule has 1 aromatic heterocycles. The number of hydrogen-bond acceptors (Lipinski definition) is 2. The molecule has 2 N–H and O–H groups in total.